The van der Waals surface area contributed by atoms with Crippen molar-refractivity contribution in [1.29, 1.82) is 0 Å². The third-order valence-corrected chi connectivity index (χ3v) is 6.91. The molecule has 26 heavy (non-hydrogen) atoms. The van der Waals surface area contributed by atoms with Gasteiger partial charge in [0.2, 0.25) is 0 Å². The Balaban J connectivity index is 0.00000243. The van der Waals surface area contributed by atoms with Gasteiger partial charge in [0.05, 0.1) is 0 Å². The summed E-state index contributed by atoms with van der Waals surface area (Å²) in [7, 11) is 4.19. The molecule has 1 fully saturated rings. The van der Waals surface area contributed by atoms with Crippen LogP contribution in [0.25, 0.3) is 0 Å². The number of hydrogen-bond acceptors (Lipinski definition) is 3. The zero-order valence-corrected chi connectivity index (χ0v) is 18.3. The van der Waals surface area contributed by atoms with E-state index in [0.717, 1.165) is 37.3 Å². The number of quaternary nitrogens is 1. The molecule has 1 saturated heterocycles. The average molecular weight is 491 g/mol. The molecule has 3 rings (SSSR count). The summed E-state index contributed by atoms with van der Waals surface area (Å²) in [6, 6.07) is 14.4. The minimum Gasteiger partial charge on any atom is -1.00 e. The summed E-state index contributed by atoms with van der Waals surface area (Å²) in [6.07, 6.45) is 3.19. The molecule has 0 aromatic heterocycles. The number of halogens is 1. The van der Waals surface area contributed by atoms with Gasteiger partial charge in [0.1, 0.15) is 0 Å². The molecule has 0 aliphatic carbocycles. The second kappa shape index (κ2) is 10.4. The molecule has 1 aliphatic heterocycles. The molecule has 142 valence electrons. The van der Waals surface area contributed by atoms with E-state index in [1.807, 2.05) is 24.3 Å². The number of hydrogen-bond donors (Lipinski definition) is 2. The van der Waals surface area contributed by atoms with E-state index >= 15 is 0 Å². The number of aromatic hydroxyl groups is 1. The van der Waals surface area contributed by atoms with Crippen molar-refractivity contribution in [1.82, 2.24) is 0 Å². The van der Waals surface area contributed by atoms with E-state index in [4.69, 9.17) is 9.47 Å². The predicted octanol–water partition coefficient (Wildman–Crippen LogP) is -2.40. The molecule has 0 amide bonds. The van der Waals surface area contributed by atoms with Crippen molar-refractivity contribution < 1.29 is 31.9 Å². The van der Waals surface area contributed by atoms with Crippen molar-refractivity contribution in [3.05, 3.63) is 48.0 Å². The van der Waals surface area contributed by atoms with Gasteiger partial charge in [0, 0.05) is 0 Å². The molecular formula is C20H26ClNO3Te. The maximum absolute atomic E-state index is 10.0. The summed E-state index contributed by atoms with van der Waals surface area (Å²) in [5.41, 5.74) is 1.03. The summed E-state index contributed by atoms with van der Waals surface area (Å²) in [4.78, 5) is 1.31. The first kappa shape index (κ1) is 21.3. The van der Waals surface area contributed by atoms with Crippen LogP contribution in [-0.2, 0) is 11.3 Å². The number of benzene rings is 2. The molecular weight excluding hydrogens is 465 g/mol. The Hall–Kier alpha value is -0.960. The molecule has 0 radical (unpaired) electrons. The van der Waals surface area contributed by atoms with Crippen LogP contribution in [0.3, 0.4) is 0 Å². The summed E-state index contributed by atoms with van der Waals surface area (Å²) in [5, 5.41) is 10.0. The first-order chi connectivity index (χ1) is 12.1. The van der Waals surface area contributed by atoms with Gasteiger partial charge in [-0.05, 0) is 0 Å². The van der Waals surface area contributed by atoms with Gasteiger partial charge in [0.15, 0.2) is 0 Å². The quantitative estimate of drug-likeness (QED) is 0.443. The van der Waals surface area contributed by atoms with Crippen LogP contribution in [0.2, 0.25) is 0 Å². The zero-order valence-electron chi connectivity index (χ0n) is 15.2. The number of rotatable bonds is 6. The molecule has 1 heterocycles. The SMILES string of the molecule is C[NH+](C)Cc1cc([Te]c2ccc(OC3CCCCO3)cc2)ccc1O.[Cl-]. The second-order valence-corrected chi connectivity index (χ2v) is 9.94. The maximum Gasteiger partial charge on any atom is -1.00 e. The largest absolute Gasteiger partial charge is 1.00 e. The Kier molecular flexibility index (Phi) is 8.53. The van der Waals surface area contributed by atoms with E-state index in [9.17, 15) is 5.11 Å². The monoisotopic (exact) mass is 493 g/mol. The Bertz CT molecular complexity index is 688. The van der Waals surface area contributed by atoms with Crippen LogP contribution in [0.5, 0.6) is 11.5 Å². The molecule has 1 aliphatic rings. The fourth-order valence-corrected chi connectivity index (χ4v) is 5.34. The van der Waals surface area contributed by atoms with Crippen LogP contribution in [0.1, 0.15) is 24.8 Å². The minimum atomic E-state index is -0.469. The van der Waals surface area contributed by atoms with Gasteiger partial charge in [-0.3, -0.25) is 0 Å². The molecule has 4 nitrogen and oxygen atoms in total. The van der Waals surface area contributed by atoms with Crippen molar-refractivity contribution in [2.75, 3.05) is 20.7 Å². The maximum atomic E-state index is 10.0. The van der Waals surface area contributed by atoms with E-state index in [0.29, 0.717) is 5.75 Å². The van der Waals surface area contributed by atoms with Crippen LogP contribution >= 0.6 is 0 Å². The molecule has 1 unspecified atom stereocenters. The number of nitrogens with one attached hydrogen (secondary N) is 1. The fraction of sp³-hybridized carbons (Fsp3) is 0.400. The zero-order chi connectivity index (χ0) is 17.6. The summed E-state index contributed by atoms with van der Waals surface area (Å²) >= 11 is -0.469. The Morgan fingerprint density at radius 2 is 1.85 bits per heavy atom. The predicted molar refractivity (Wildman–Crippen MR) is 100 cm³/mol. The Morgan fingerprint density at radius 3 is 2.50 bits per heavy atom. The first-order valence-corrected chi connectivity index (χ1v) is 11.1. The van der Waals surface area contributed by atoms with Crippen molar-refractivity contribution in [3.8, 4) is 11.5 Å². The van der Waals surface area contributed by atoms with Crippen LogP contribution < -0.4 is 29.3 Å². The molecule has 0 spiro atoms. The van der Waals surface area contributed by atoms with Crippen LogP contribution in [0.4, 0.5) is 0 Å². The van der Waals surface area contributed by atoms with E-state index in [2.05, 4.69) is 32.3 Å². The molecule has 2 aromatic rings. The normalized spacial score (nSPS) is 17.0. The number of phenolic OH excluding ortho intramolecular Hbond substituents is 1. The van der Waals surface area contributed by atoms with Gasteiger partial charge in [0.25, 0.3) is 0 Å². The van der Waals surface area contributed by atoms with Crippen molar-refractivity contribution in [3.63, 3.8) is 0 Å². The van der Waals surface area contributed by atoms with Crippen molar-refractivity contribution in [2.45, 2.75) is 32.1 Å². The standard InChI is InChI=1S/C20H25NO3Te.ClH/c1-21(2)14-15-13-18(10-11-19(15)22)25-17-8-6-16(7-9-17)24-20-5-3-4-12-23-20;/h6-11,13,20,22H,3-5,12,14H2,1-2H3;1H. The van der Waals surface area contributed by atoms with E-state index in [1.54, 1.807) is 0 Å². The topological polar surface area (TPSA) is 43.1 Å². The number of ether oxygens (including phenoxy) is 2. The summed E-state index contributed by atoms with van der Waals surface area (Å²) in [5.74, 6) is 1.28. The Labute approximate surface area is 172 Å². The van der Waals surface area contributed by atoms with Crippen molar-refractivity contribution >= 4 is 28.1 Å². The third-order valence-electron chi connectivity index (χ3n) is 4.06. The van der Waals surface area contributed by atoms with Gasteiger partial charge in [-0.15, -0.1) is 0 Å². The first-order valence-electron chi connectivity index (χ1n) is 8.77. The van der Waals surface area contributed by atoms with E-state index in [-0.39, 0.29) is 18.7 Å². The average Bonchev–Trinajstić information content (AvgIpc) is 2.60. The minimum absolute atomic E-state index is 0. The van der Waals surface area contributed by atoms with Crippen LogP contribution in [0.15, 0.2) is 42.5 Å². The van der Waals surface area contributed by atoms with Gasteiger partial charge in [-0.1, -0.05) is 0 Å². The molecule has 6 heteroatoms. The van der Waals surface area contributed by atoms with Gasteiger partial charge < -0.3 is 12.4 Å². The van der Waals surface area contributed by atoms with Crippen molar-refractivity contribution in [2.24, 2.45) is 0 Å². The molecule has 2 aromatic carbocycles. The van der Waals surface area contributed by atoms with Gasteiger partial charge in [-0.25, -0.2) is 0 Å². The third kappa shape index (κ3) is 6.33. The van der Waals surface area contributed by atoms with E-state index in [1.165, 1.54) is 18.5 Å². The molecule has 0 bridgehead atoms. The molecule has 2 N–H and O–H groups in total. The molecule has 0 saturated carbocycles. The van der Waals surface area contributed by atoms with Crippen LogP contribution in [0, 0.1) is 0 Å². The van der Waals surface area contributed by atoms with E-state index < -0.39 is 20.9 Å². The van der Waals surface area contributed by atoms with Crippen LogP contribution in [-0.4, -0.2) is 53.0 Å². The summed E-state index contributed by atoms with van der Waals surface area (Å²) in [6.45, 7) is 1.63. The number of phenols is 1. The van der Waals surface area contributed by atoms with Gasteiger partial charge >= 0.3 is 160 Å². The van der Waals surface area contributed by atoms with Gasteiger partial charge in [-0.2, -0.15) is 0 Å². The summed E-state index contributed by atoms with van der Waals surface area (Å²) < 4.78 is 14.2. The molecule has 1 atom stereocenters. The fourth-order valence-electron chi connectivity index (χ4n) is 2.83. The smallest absolute Gasteiger partial charge is 1.00 e. The Morgan fingerprint density at radius 1 is 1.12 bits per heavy atom. The second-order valence-electron chi connectivity index (χ2n) is 6.66.